The first-order chi connectivity index (χ1) is 14.3. The van der Waals surface area contributed by atoms with Gasteiger partial charge in [-0.05, 0) is 61.0 Å². The molecule has 7 nitrogen and oxygen atoms in total. The second-order valence-corrected chi connectivity index (χ2v) is 8.11. The van der Waals surface area contributed by atoms with E-state index in [-0.39, 0.29) is 4.90 Å². The third-order valence-corrected chi connectivity index (χ3v) is 5.76. The first-order valence-electron chi connectivity index (χ1n) is 8.92. The molecule has 30 heavy (non-hydrogen) atoms. The Morgan fingerprint density at radius 1 is 1.00 bits per heavy atom. The second-order valence-electron chi connectivity index (χ2n) is 6.43. The normalized spacial score (nSPS) is 10.7. The molecule has 152 valence electrons. The molecule has 0 aliphatic carbocycles. The van der Waals surface area contributed by atoms with Crippen molar-refractivity contribution in [1.29, 1.82) is 5.26 Å². The first-order valence-corrected chi connectivity index (χ1v) is 10.4. The Kier molecular flexibility index (Phi) is 6.04. The quantitative estimate of drug-likeness (QED) is 0.627. The molecule has 1 amide bonds. The van der Waals surface area contributed by atoms with Gasteiger partial charge >= 0.3 is 0 Å². The second kappa shape index (κ2) is 8.68. The maximum Gasteiger partial charge on any atom is 0.262 e. The molecule has 0 saturated heterocycles. The van der Waals surface area contributed by atoms with Gasteiger partial charge in [-0.1, -0.05) is 18.2 Å². The molecule has 3 rings (SSSR count). The van der Waals surface area contributed by atoms with Crippen LogP contribution in [0.2, 0.25) is 0 Å². The largest absolute Gasteiger partial charge is 0.495 e. The predicted molar refractivity (Wildman–Crippen MR) is 114 cm³/mol. The molecule has 0 saturated carbocycles. The van der Waals surface area contributed by atoms with Gasteiger partial charge in [0.05, 0.1) is 29.3 Å². The van der Waals surface area contributed by atoms with E-state index in [1.165, 1.54) is 31.4 Å². The van der Waals surface area contributed by atoms with Crippen molar-refractivity contribution in [2.45, 2.75) is 11.8 Å². The summed E-state index contributed by atoms with van der Waals surface area (Å²) in [5, 5.41) is 11.6. The molecule has 0 aromatic heterocycles. The summed E-state index contributed by atoms with van der Waals surface area (Å²) in [6.45, 7) is 1.76. The summed E-state index contributed by atoms with van der Waals surface area (Å²) in [5.74, 6) is -0.0163. The topological polar surface area (TPSA) is 108 Å². The summed E-state index contributed by atoms with van der Waals surface area (Å²) in [4.78, 5) is 12.5. The minimum absolute atomic E-state index is 0.00543. The van der Waals surface area contributed by atoms with E-state index in [1.54, 1.807) is 49.4 Å². The molecule has 0 radical (unpaired) electrons. The Hall–Kier alpha value is -3.83. The minimum Gasteiger partial charge on any atom is -0.495 e. The molecule has 0 fully saturated rings. The number of ether oxygens (including phenoxy) is 1. The molecule has 3 aromatic rings. The van der Waals surface area contributed by atoms with E-state index < -0.39 is 15.9 Å². The predicted octanol–water partition coefficient (Wildman–Crippen LogP) is 3.93. The number of hydrogen-bond donors (Lipinski definition) is 2. The van der Waals surface area contributed by atoms with Crippen LogP contribution in [0.4, 0.5) is 11.4 Å². The van der Waals surface area contributed by atoms with Gasteiger partial charge in [-0.3, -0.25) is 9.52 Å². The molecular weight excluding hydrogens is 402 g/mol. The first kappa shape index (κ1) is 20.9. The highest BCUT2D eigenvalue weighted by atomic mass is 32.2. The lowest BCUT2D eigenvalue weighted by molar-refractivity contribution is 0.102. The zero-order valence-electron chi connectivity index (χ0n) is 16.3. The summed E-state index contributed by atoms with van der Waals surface area (Å²) in [6.07, 6.45) is 0. The lowest BCUT2D eigenvalue weighted by Crippen LogP contribution is -2.16. The van der Waals surface area contributed by atoms with Crippen molar-refractivity contribution in [2.24, 2.45) is 0 Å². The van der Waals surface area contributed by atoms with Gasteiger partial charge in [-0.15, -0.1) is 0 Å². The molecule has 0 heterocycles. The fourth-order valence-corrected chi connectivity index (χ4v) is 3.82. The molecule has 0 aliphatic heterocycles. The van der Waals surface area contributed by atoms with E-state index >= 15 is 0 Å². The lowest BCUT2D eigenvalue weighted by atomic mass is 10.1. The molecule has 3 aromatic carbocycles. The third kappa shape index (κ3) is 4.59. The number of anilines is 2. The highest BCUT2D eigenvalue weighted by Gasteiger charge is 2.18. The van der Waals surface area contributed by atoms with E-state index in [9.17, 15) is 13.2 Å². The number of hydrogen-bond acceptors (Lipinski definition) is 5. The van der Waals surface area contributed by atoms with Gasteiger partial charge < -0.3 is 10.1 Å². The molecule has 0 spiro atoms. The zero-order valence-corrected chi connectivity index (χ0v) is 17.2. The fraction of sp³-hybridized carbons (Fsp3) is 0.0909. The fourth-order valence-electron chi connectivity index (χ4n) is 2.73. The zero-order chi connectivity index (χ0) is 21.7. The number of carbonyl (C=O) groups excluding carboxylic acids is 1. The molecule has 0 unspecified atom stereocenters. The molecule has 0 aliphatic rings. The van der Waals surface area contributed by atoms with Gasteiger partial charge in [0, 0.05) is 11.3 Å². The number of amides is 1. The van der Waals surface area contributed by atoms with Gasteiger partial charge in [0.15, 0.2) is 0 Å². The van der Waals surface area contributed by atoms with Crippen molar-refractivity contribution in [2.75, 3.05) is 17.1 Å². The summed E-state index contributed by atoms with van der Waals surface area (Å²) in [7, 11) is -2.46. The average Bonchev–Trinajstić information content (AvgIpc) is 2.75. The monoisotopic (exact) mass is 421 g/mol. The number of nitrogens with zero attached hydrogens (tertiary/aromatic N) is 1. The van der Waals surface area contributed by atoms with Crippen LogP contribution in [0.25, 0.3) is 0 Å². The number of para-hydroxylation sites is 2. The van der Waals surface area contributed by atoms with Crippen LogP contribution in [0, 0.1) is 18.3 Å². The number of carbonyl (C=O) groups is 1. The van der Waals surface area contributed by atoms with E-state index in [0.29, 0.717) is 33.8 Å². The highest BCUT2D eigenvalue weighted by Crippen LogP contribution is 2.28. The van der Waals surface area contributed by atoms with Crippen molar-refractivity contribution in [3.8, 4) is 11.8 Å². The van der Waals surface area contributed by atoms with Gasteiger partial charge in [-0.25, -0.2) is 8.42 Å². The van der Waals surface area contributed by atoms with Gasteiger partial charge in [0.1, 0.15) is 5.75 Å². The summed E-state index contributed by atoms with van der Waals surface area (Å²) in [5.41, 5.74) is 2.18. The number of aryl methyl sites for hydroxylation is 1. The van der Waals surface area contributed by atoms with Crippen LogP contribution in [0.5, 0.6) is 5.75 Å². The van der Waals surface area contributed by atoms with E-state index in [1.807, 2.05) is 6.07 Å². The summed E-state index contributed by atoms with van der Waals surface area (Å²) < 4.78 is 33.4. The SMILES string of the molecule is COc1ccccc1NS(=O)(=O)c1ccc(C)c(NC(=O)c2ccc(C#N)cc2)c1. The van der Waals surface area contributed by atoms with Crippen molar-refractivity contribution in [3.63, 3.8) is 0 Å². The molecule has 2 N–H and O–H groups in total. The molecular formula is C22H19N3O4S. The Labute approximate surface area is 175 Å². The van der Waals surface area contributed by atoms with E-state index in [4.69, 9.17) is 10.00 Å². The van der Waals surface area contributed by atoms with Crippen LogP contribution in [0.15, 0.2) is 71.6 Å². The molecule has 0 atom stereocenters. The van der Waals surface area contributed by atoms with Crippen LogP contribution in [0.3, 0.4) is 0 Å². The van der Waals surface area contributed by atoms with Crippen LogP contribution in [-0.2, 0) is 10.0 Å². The Bertz CT molecular complexity index is 1230. The number of rotatable bonds is 6. The number of sulfonamides is 1. The third-order valence-electron chi connectivity index (χ3n) is 4.40. The van der Waals surface area contributed by atoms with Crippen LogP contribution in [0.1, 0.15) is 21.5 Å². The molecule has 8 heteroatoms. The highest BCUT2D eigenvalue weighted by molar-refractivity contribution is 7.92. The van der Waals surface area contributed by atoms with Gasteiger partial charge in [-0.2, -0.15) is 5.26 Å². The number of methoxy groups -OCH3 is 1. The maximum atomic E-state index is 12.8. The van der Waals surface area contributed by atoms with Crippen molar-refractivity contribution in [1.82, 2.24) is 0 Å². The van der Waals surface area contributed by atoms with Crippen LogP contribution in [-0.4, -0.2) is 21.4 Å². The summed E-state index contributed by atoms with van der Waals surface area (Å²) >= 11 is 0. The van der Waals surface area contributed by atoms with Crippen LogP contribution < -0.4 is 14.8 Å². The van der Waals surface area contributed by atoms with Crippen molar-refractivity contribution >= 4 is 27.3 Å². The average molecular weight is 421 g/mol. The van der Waals surface area contributed by atoms with E-state index in [2.05, 4.69) is 10.0 Å². The summed E-state index contributed by atoms with van der Waals surface area (Å²) in [6, 6.07) is 19.3. The standard InChI is InChI=1S/C22H19N3O4S/c1-15-7-12-18(30(27,28)25-19-5-3-4-6-21(19)29-2)13-20(15)24-22(26)17-10-8-16(14-23)9-11-17/h3-13,25H,1-2H3,(H,24,26). The van der Waals surface area contributed by atoms with E-state index in [0.717, 1.165) is 0 Å². The number of nitriles is 1. The molecule has 0 bridgehead atoms. The smallest absolute Gasteiger partial charge is 0.262 e. The maximum absolute atomic E-state index is 12.8. The Morgan fingerprint density at radius 2 is 1.70 bits per heavy atom. The van der Waals surface area contributed by atoms with Crippen molar-refractivity contribution < 1.29 is 17.9 Å². The number of nitrogens with one attached hydrogen (secondary N) is 2. The van der Waals surface area contributed by atoms with Gasteiger partial charge in [0.25, 0.3) is 15.9 Å². The van der Waals surface area contributed by atoms with Crippen LogP contribution >= 0.6 is 0 Å². The Balaban J connectivity index is 1.86. The Morgan fingerprint density at radius 3 is 2.37 bits per heavy atom. The lowest BCUT2D eigenvalue weighted by Gasteiger charge is -2.14. The van der Waals surface area contributed by atoms with Gasteiger partial charge in [0.2, 0.25) is 0 Å². The number of benzene rings is 3. The van der Waals surface area contributed by atoms with Crippen molar-refractivity contribution in [3.05, 3.63) is 83.4 Å². The minimum atomic E-state index is -3.91.